The van der Waals surface area contributed by atoms with Crippen molar-refractivity contribution in [3.63, 3.8) is 0 Å². The van der Waals surface area contributed by atoms with Crippen molar-refractivity contribution in [2.75, 3.05) is 12.3 Å². The third-order valence-corrected chi connectivity index (χ3v) is 5.52. The minimum Gasteiger partial charge on any atom is -0.355 e. The van der Waals surface area contributed by atoms with Crippen LogP contribution in [0.5, 0.6) is 0 Å². The number of aryl methyl sites for hydroxylation is 1. The first-order valence-corrected chi connectivity index (χ1v) is 10.8. The van der Waals surface area contributed by atoms with Gasteiger partial charge in [-0.25, -0.2) is 18.9 Å². The van der Waals surface area contributed by atoms with Gasteiger partial charge in [-0.05, 0) is 30.5 Å². The lowest BCUT2D eigenvalue weighted by Crippen LogP contribution is -2.26. The van der Waals surface area contributed by atoms with Crippen molar-refractivity contribution in [1.82, 2.24) is 24.9 Å². The second-order valence-electron chi connectivity index (χ2n) is 6.85. The van der Waals surface area contributed by atoms with Gasteiger partial charge in [0.25, 0.3) is 5.56 Å². The van der Waals surface area contributed by atoms with Gasteiger partial charge in [-0.15, -0.1) is 0 Å². The van der Waals surface area contributed by atoms with Crippen molar-refractivity contribution < 1.29 is 9.18 Å². The van der Waals surface area contributed by atoms with Crippen LogP contribution in [0.2, 0.25) is 0 Å². The fraction of sp³-hybridized carbons (Fsp3) is 0.182. The number of carbonyl (C=O) groups is 1. The summed E-state index contributed by atoms with van der Waals surface area (Å²) in [5.74, 6) is -0.347. The number of carbonyl (C=O) groups excluding carboxylic acids is 1. The second-order valence-corrected chi connectivity index (χ2v) is 7.79. The first-order valence-electron chi connectivity index (χ1n) is 9.78. The average Bonchev–Trinajstić information content (AvgIpc) is 3.16. The Bertz CT molecular complexity index is 1260. The summed E-state index contributed by atoms with van der Waals surface area (Å²) in [5, 5.41) is 5.84. The molecule has 7 nitrogen and oxygen atoms in total. The molecule has 0 spiro atoms. The number of thioether (sulfide) groups is 1. The van der Waals surface area contributed by atoms with Crippen LogP contribution in [0.25, 0.3) is 17.0 Å². The maximum absolute atomic E-state index is 14.2. The van der Waals surface area contributed by atoms with Crippen molar-refractivity contribution in [3.8, 4) is 11.4 Å². The van der Waals surface area contributed by atoms with Gasteiger partial charge >= 0.3 is 0 Å². The topological polar surface area (TPSA) is 92.2 Å². The molecule has 0 fully saturated rings. The van der Waals surface area contributed by atoms with Crippen LogP contribution in [0.15, 0.2) is 70.6 Å². The van der Waals surface area contributed by atoms with Gasteiger partial charge < -0.3 is 5.32 Å². The second kappa shape index (κ2) is 9.57. The fourth-order valence-corrected chi connectivity index (χ4v) is 3.87. The Morgan fingerprint density at radius 2 is 1.87 bits per heavy atom. The molecule has 0 aliphatic heterocycles. The van der Waals surface area contributed by atoms with E-state index >= 15 is 0 Å². The van der Waals surface area contributed by atoms with Crippen molar-refractivity contribution in [3.05, 3.63) is 82.4 Å². The summed E-state index contributed by atoms with van der Waals surface area (Å²) < 4.78 is 15.6. The Morgan fingerprint density at radius 3 is 2.68 bits per heavy atom. The molecule has 0 saturated carbocycles. The Morgan fingerprint density at radius 1 is 1.10 bits per heavy atom. The maximum Gasteiger partial charge on any atom is 0.266 e. The predicted octanol–water partition coefficient (Wildman–Crippen LogP) is 3.06. The van der Waals surface area contributed by atoms with E-state index in [-0.39, 0.29) is 28.6 Å². The number of amides is 1. The molecule has 0 unspecified atom stereocenters. The van der Waals surface area contributed by atoms with E-state index in [0.717, 1.165) is 24.6 Å². The van der Waals surface area contributed by atoms with Gasteiger partial charge in [-0.2, -0.15) is 0 Å². The number of halogens is 1. The van der Waals surface area contributed by atoms with E-state index in [9.17, 15) is 14.0 Å². The highest BCUT2D eigenvalue weighted by Gasteiger charge is 2.15. The Hall–Kier alpha value is -3.46. The van der Waals surface area contributed by atoms with Gasteiger partial charge in [-0.1, -0.05) is 54.2 Å². The predicted molar refractivity (Wildman–Crippen MR) is 117 cm³/mol. The van der Waals surface area contributed by atoms with Gasteiger partial charge in [0.1, 0.15) is 5.82 Å². The molecule has 4 rings (SSSR count). The average molecular weight is 438 g/mol. The summed E-state index contributed by atoms with van der Waals surface area (Å²) in [6.07, 6.45) is 1.72. The monoisotopic (exact) mass is 437 g/mol. The number of nitrogens with zero attached hydrogens (tertiary/aromatic N) is 3. The normalized spacial score (nSPS) is 11.0. The molecule has 0 bridgehead atoms. The molecular formula is C22H20FN5O2S. The molecule has 31 heavy (non-hydrogen) atoms. The lowest BCUT2D eigenvalue weighted by molar-refractivity contribution is -0.118. The van der Waals surface area contributed by atoms with Crippen molar-refractivity contribution >= 4 is 23.3 Å². The van der Waals surface area contributed by atoms with E-state index in [1.165, 1.54) is 22.2 Å². The quantitative estimate of drug-likeness (QED) is 0.327. The summed E-state index contributed by atoms with van der Waals surface area (Å²) in [6.45, 7) is 0.564. The zero-order valence-corrected chi connectivity index (χ0v) is 17.4. The van der Waals surface area contributed by atoms with Gasteiger partial charge in [0, 0.05) is 12.6 Å². The molecule has 0 aliphatic rings. The molecule has 2 aromatic heterocycles. The number of rotatable bonds is 8. The van der Waals surface area contributed by atoms with E-state index in [2.05, 4.69) is 32.5 Å². The molecule has 0 atom stereocenters. The number of aromatic nitrogens is 4. The molecule has 2 aromatic carbocycles. The molecule has 2 N–H and O–H groups in total. The highest BCUT2D eigenvalue weighted by Crippen LogP contribution is 2.23. The van der Waals surface area contributed by atoms with E-state index in [1.54, 1.807) is 18.2 Å². The lowest BCUT2D eigenvalue weighted by Gasteiger charge is -2.08. The molecule has 2 heterocycles. The SMILES string of the molecule is O=C(CSc1nc(-c2ccccc2F)nc2cc(=O)[nH]n12)NCCCc1ccccc1. The zero-order chi connectivity index (χ0) is 21.6. The Balaban J connectivity index is 1.42. The fourth-order valence-electron chi connectivity index (χ4n) is 3.09. The van der Waals surface area contributed by atoms with E-state index < -0.39 is 5.82 Å². The maximum atomic E-state index is 14.2. The van der Waals surface area contributed by atoms with Crippen LogP contribution in [0.1, 0.15) is 12.0 Å². The number of hydrogen-bond acceptors (Lipinski definition) is 5. The Kier molecular flexibility index (Phi) is 6.42. The third-order valence-electron chi connectivity index (χ3n) is 4.58. The first-order chi connectivity index (χ1) is 15.1. The van der Waals surface area contributed by atoms with Gasteiger partial charge in [0.2, 0.25) is 5.91 Å². The molecule has 0 aliphatic carbocycles. The highest BCUT2D eigenvalue weighted by atomic mass is 32.2. The number of hydrogen-bond donors (Lipinski definition) is 2. The van der Waals surface area contributed by atoms with Crippen LogP contribution in [0, 0.1) is 5.82 Å². The van der Waals surface area contributed by atoms with Gasteiger partial charge in [0.05, 0.1) is 11.3 Å². The van der Waals surface area contributed by atoms with Crippen LogP contribution in [-0.2, 0) is 11.2 Å². The summed E-state index contributed by atoms with van der Waals surface area (Å²) in [7, 11) is 0. The summed E-state index contributed by atoms with van der Waals surface area (Å²) >= 11 is 1.15. The first kappa shape index (κ1) is 20.8. The van der Waals surface area contributed by atoms with E-state index in [4.69, 9.17) is 0 Å². The zero-order valence-electron chi connectivity index (χ0n) is 16.5. The highest BCUT2D eigenvalue weighted by molar-refractivity contribution is 7.99. The number of nitrogens with one attached hydrogen (secondary N) is 2. The summed E-state index contributed by atoms with van der Waals surface area (Å²) in [5.41, 5.74) is 1.41. The molecule has 9 heteroatoms. The summed E-state index contributed by atoms with van der Waals surface area (Å²) in [6, 6.07) is 17.5. The third kappa shape index (κ3) is 5.18. The molecule has 4 aromatic rings. The standard InChI is InChI=1S/C22H20FN5O2S/c23-17-11-5-4-10-16(17)21-25-18-13-19(29)27-28(18)22(26-21)31-14-20(30)24-12-6-9-15-7-2-1-3-8-15/h1-5,7-8,10-11,13H,6,9,12,14H2,(H,24,30)(H,27,29). The van der Waals surface area contributed by atoms with Crippen LogP contribution in [0.3, 0.4) is 0 Å². The molecule has 1 amide bonds. The lowest BCUT2D eigenvalue weighted by atomic mass is 10.1. The molecule has 0 radical (unpaired) electrons. The molecule has 158 valence electrons. The van der Waals surface area contributed by atoms with Crippen molar-refractivity contribution in [1.29, 1.82) is 0 Å². The minimum atomic E-state index is -0.461. The number of aromatic amines is 1. The largest absolute Gasteiger partial charge is 0.355 e. The van der Waals surface area contributed by atoms with E-state index in [1.807, 2.05) is 18.2 Å². The van der Waals surface area contributed by atoms with Crippen LogP contribution >= 0.6 is 11.8 Å². The number of H-pyrrole nitrogens is 1. The molecular weight excluding hydrogens is 417 g/mol. The van der Waals surface area contributed by atoms with Gasteiger partial charge in [-0.3, -0.25) is 14.7 Å². The van der Waals surface area contributed by atoms with Gasteiger partial charge in [0.15, 0.2) is 16.6 Å². The van der Waals surface area contributed by atoms with Crippen LogP contribution in [-0.4, -0.2) is 37.8 Å². The smallest absolute Gasteiger partial charge is 0.266 e. The van der Waals surface area contributed by atoms with Crippen molar-refractivity contribution in [2.24, 2.45) is 0 Å². The summed E-state index contributed by atoms with van der Waals surface area (Å²) in [4.78, 5) is 32.7. The van der Waals surface area contributed by atoms with Crippen LogP contribution in [0.4, 0.5) is 4.39 Å². The number of fused-ring (bicyclic) bond motifs is 1. The Labute approximate surface area is 181 Å². The molecule has 0 saturated heterocycles. The number of benzene rings is 2. The minimum absolute atomic E-state index is 0.106. The van der Waals surface area contributed by atoms with Crippen molar-refractivity contribution in [2.45, 2.75) is 18.0 Å². The van der Waals surface area contributed by atoms with Crippen LogP contribution < -0.4 is 10.9 Å². The van der Waals surface area contributed by atoms with E-state index in [0.29, 0.717) is 17.3 Å².